The summed E-state index contributed by atoms with van der Waals surface area (Å²) in [5.74, 6) is 0.476. The lowest BCUT2D eigenvalue weighted by Crippen LogP contribution is -2.08. The van der Waals surface area contributed by atoms with Gasteiger partial charge in [0.1, 0.15) is 18.2 Å². The molecule has 0 amide bonds. The van der Waals surface area contributed by atoms with Crippen molar-refractivity contribution in [3.8, 4) is 5.75 Å². The average Bonchev–Trinajstić information content (AvgIpc) is 2.40. The second-order valence-corrected chi connectivity index (χ2v) is 4.56. The van der Waals surface area contributed by atoms with Crippen molar-refractivity contribution in [2.24, 2.45) is 0 Å². The fraction of sp³-hybridized carbons (Fsp3) is 0.250. The Labute approximate surface area is 113 Å². The Morgan fingerprint density at radius 3 is 2.53 bits per heavy atom. The van der Waals surface area contributed by atoms with E-state index in [0.29, 0.717) is 13.2 Å². The van der Waals surface area contributed by atoms with Gasteiger partial charge in [-0.15, -0.1) is 0 Å². The number of aryl methyl sites for hydroxylation is 1. The minimum atomic E-state index is -0.243. The van der Waals surface area contributed by atoms with E-state index in [2.05, 4.69) is 24.4 Å². The number of benzene rings is 2. The summed E-state index contributed by atoms with van der Waals surface area (Å²) in [6, 6.07) is 12.8. The maximum Gasteiger partial charge on any atom is 0.124 e. The molecule has 1 N–H and O–H groups in total. The van der Waals surface area contributed by atoms with Crippen molar-refractivity contribution < 1.29 is 9.13 Å². The van der Waals surface area contributed by atoms with Crippen molar-refractivity contribution in [1.29, 1.82) is 0 Å². The first-order valence-corrected chi connectivity index (χ1v) is 6.30. The van der Waals surface area contributed by atoms with Gasteiger partial charge in [-0.2, -0.15) is 0 Å². The quantitative estimate of drug-likeness (QED) is 0.888. The van der Waals surface area contributed by atoms with E-state index in [9.17, 15) is 4.39 Å². The highest BCUT2D eigenvalue weighted by molar-refractivity contribution is 5.34. The van der Waals surface area contributed by atoms with E-state index in [-0.39, 0.29) is 5.82 Å². The van der Waals surface area contributed by atoms with E-state index in [1.165, 1.54) is 17.7 Å². The fourth-order valence-corrected chi connectivity index (χ4v) is 1.86. The van der Waals surface area contributed by atoms with Crippen LogP contribution < -0.4 is 10.1 Å². The standard InChI is InChI=1S/C16H18FNO/c1-12-3-5-13(6-4-12)11-19-16-8-7-15(17)9-14(16)10-18-2/h3-9,18H,10-11H2,1-2H3. The molecule has 2 nitrogen and oxygen atoms in total. The molecule has 3 heteroatoms. The van der Waals surface area contributed by atoms with Crippen LogP contribution in [-0.4, -0.2) is 7.05 Å². The molecule has 0 unspecified atom stereocenters. The van der Waals surface area contributed by atoms with E-state index in [1.54, 1.807) is 6.07 Å². The van der Waals surface area contributed by atoms with Crippen LogP contribution in [0, 0.1) is 12.7 Å². The molecular weight excluding hydrogens is 241 g/mol. The zero-order valence-corrected chi connectivity index (χ0v) is 11.2. The van der Waals surface area contributed by atoms with Crippen molar-refractivity contribution in [2.45, 2.75) is 20.1 Å². The van der Waals surface area contributed by atoms with Gasteiger partial charge in [-0.25, -0.2) is 4.39 Å². The Kier molecular flexibility index (Phi) is 4.53. The first kappa shape index (κ1) is 13.6. The van der Waals surface area contributed by atoms with Gasteiger partial charge in [-0.1, -0.05) is 29.8 Å². The molecule has 0 radical (unpaired) electrons. The molecule has 0 aliphatic heterocycles. The Hall–Kier alpha value is -1.87. The molecule has 2 aromatic rings. The first-order chi connectivity index (χ1) is 9.19. The highest BCUT2D eigenvalue weighted by atomic mass is 19.1. The molecule has 0 saturated heterocycles. The van der Waals surface area contributed by atoms with Gasteiger partial charge in [-0.05, 0) is 37.7 Å². The molecule has 0 aromatic heterocycles. The topological polar surface area (TPSA) is 21.3 Å². The molecule has 0 spiro atoms. The van der Waals surface area contributed by atoms with Crippen LogP contribution in [0.15, 0.2) is 42.5 Å². The minimum Gasteiger partial charge on any atom is -0.489 e. The van der Waals surface area contributed by atoms with Crippen LogP contribution in [0.2, 0.25) is 0 Å². The van der Waals surface area contributed by atoms with Gasteiger partial charge in [0.15, 0.2) is 0 Å². The third-order valence-electron chi connectivity index (χ3n) is 2.90. The largest absolute Gasteiger partial charge is 0.489 e. The summed E-state index contributed by atoms with van der Waals surface area (Å²) in [5.41, 5.74) is 3.15. The summed E-state index contributed by atoms with van der Waals surface area (Å²) in [4.78, 5) is 0. The van der Waals surface area contributed by atoms with E-state index in [1.807, 2.05) is 19.2 Å². The molecule has 0 saturated carbocycles. The average molecular weight is 259 g/mol. The summed E-state index contributed by atoms with van der Waals surface area (Å²) in [5, 5.41) is 3.01. The molecule has 2 rings (SSSR count). The second-order valence-electron chi connectivity index (χ2n) is 4.56. The fourth-order valence-electron chi connectivity index (χ4n) is 1.86. The third kappa shape index (κ3) is 3.80. The molecule has 19 heavy (non-hydrogen) atoms. The lowest BCUT2D eigenvalue weighted by atomic mass is 10.1. The van der Waals surface area contributed by atoms with Crippen LogP contribution in [0.25, 0.3) is 0 Å². The molecular formula is C16H18FNO. The number of nitrogens with one attached hydrogen (secondary N) is 1. The van der Waals surface area contributed by atoms with Gasteiger partial charge in [0.2, 0.25) is 0 Å². The van der Waals surface area contributed by atoms with E-state index < -0.39 is 0 Å². The number of hydrogen-bond acceptors (Lipinski definition) is 2. The van der Waals surface area contributed by atoms with Gasteiger partial charge in [-0.3, -0.25) is 0 Å². The van der Waals surface area contributed by atoms with Gasteiger partial charge in [0, 0.05) is 12.1 Å². The van der Waals surface area contributed by atoms with E-state index in [4.69, 9.17) is 4.74 Å². The number of rotatable bonds is 5. The zero-order valence-electron chi connectivity index (χ0n) is 11.2. The van der Waals surface area contributed by atoms with Gasteiger partial charge >= 0.3 is 0 Å². The highest BCUT2D eigenvalue weighted by Crippen LogP contribution is 2.21. The lowest BCUT2D eigenvalue weighted by molar-refractivity contribution is 0.302. The van der Waals surface area contributed by atoms with Crippen molar-refractivity contribution in [3.05, 3.63) is 65.0 Å². The number of halogens is 1. The van der Waals surface area contributed by atoms with Crippen molar-refractivity contribution in [2.75, 3.05) is 7.05 Å². The van der Waals surface area contributed by atoms with E-state index in [0.717, 1.165) is 16.9 Å². The van der Waals surface area contributed by atoms with Crippen LogP contribution in [0.3, 0.4) is 0 Å². The summed E-state index contributed by atoms with van der Waals surface area (Å²) in [6.07, 6.45) is 0. The third-order valence-corrected chi connectivity index (χ3v) is 2.90. The highest BCUT2D eigenvalue weighted by Gasteiger charge is 2.05. The van der Waals surface area contributed by atoms with Crippen molar-refractivity contribution in [3.63, 3.8) is 0 Å². The Morgan fingerprint density at radius 1 is 1.11 bits per heavy atom. The van der Waals surface area contributed by atoms with E-state index >= 15 is 0 Å². The van der Waals surface area contributed by atoms with Gasteiger partial charge in [0.05, 0.1) is 0 Å². The number of ether oxygens (including phenoxy) is 1. The lowest BCUT2D eigenvalue weighted by Gasteiger charge is -2.11. The predicted molar refractivity (Wildman–Crippen MR) is 74.7 cm³/mol. The SMILES string of the molecule is CNCc1cc(F)ccc1OCc1ccc(C)cc1. The summed E-state index contributed by atoms with van der Waals surface area (Å²) < 4.78 is 19.0. The molecule has 0 aliphatic carbocycles. The van der Waals surface area contributed by atoms with Crippen LogP contribution in [0.1, 0.15) is 16.7 Å². The predicted octanol–water partition coefficient (Wildman–Crippen LogP) is 3.43. The zero-order chi connectivity index (χ0) is 13.7. The molecule has 0 atom stereocenters. The summed E-state index contributed by atoms with van der Waals surface area (Å²) >= 11 is 0. The Bertz CT molecular complexity index is 537. The molecule has 100 valence electrons. The monoisotopic (exact) mass is 259 g/mol. The Morgan fingerprint density at radius 2 is 1.84 bits per heavy atom. The molecule has 0 heterocycles. The minimum absolute atomic E-state index is 0.243. The normalized spacial score (nSPS) is 10.5. The van der Waals surface area contributed by atoms with Crippen LogP contribution >= 0.6 is 0 Å². The molecule has 0 bridgehead atoms. The summed E-state index contributed by atoms with van der Waals surface area (Å²) in [7, 11) is 1.83. The molecule has 0 fully saturated rings. The second kappa shape index (κ2) is 6.34. The maximum atomic E-state index is 13.2. The van der Waals surface area contributed by atoms with Crippen LogP contribution in [-0.2, 0) is 13.2 Å². The number of hydrogen-bond donors (Lipinski definition) is 1. The van der Waals surface area contributed by atoms with Crippen molar-refractivity contribution in [1.82, 2.24) is 5.32 Å². The maximum absolute atomic E-state index is 13.2. The van der Waals surface area contributed by atoms with Crippen molar-refractivity contribution >= 4 is 0 Å². The summed E-state index contributed by atoms with van der Waals surface area (Å²) in [6.45, 7) is 3.12. The smallest absolute Gasteiger partial charge is 0.124 e. The van der Waals surface area contributed by atoms with Gasteiger partial charge < -0.3 is 10.1 Å². The molecule has 0 aliphatic rings. The Balaban J connectivity index is 2.08. The van der Waals surface area contributed by atoms with Crippen LogP contribution in [0.5, 0.6) is 5.75 Å². The van der Waals surface area contributed by atoms with Crippen LogP contribution in [0.4, 0.5) is 4.39 Å². The van der Waals surface area contributed by atoms with Gasteiger partial charge in [0.25, 0.3) is 0 Å². The first-order valence-electron chi connectivity index (χ1n) is 6.30. The molecule has 2 aromatic carbocycles.